The van der Waals surface area contributed by atoms with Gasteiger partial charge in [-0.2, -0.15) is 0 Å². The smallest absolute Gasteiger partial charge is 0.188 e. The maximum Gasteiger partial charge on any atom is 0.188 e. The van der Waals surface area contributed by atoms with Crippen molar-refractivity contribution in [3.05, 3.63) is 34.4 Å². The Morgan fingerprint density at radius 2 is 1.86 bits per heavy atom. The van der Waals surface area contributed by atoms with Gasteiger partial charge in [-0.05, 0) is 62.3 Å². The van der Waals surface area contributed by atoms with Crippen LogP contribution in [0.4, 0.5) is 0 Å². The molecule has 1 aliphatic carbocycles. The first kappa shape index (κ1) is 16.2. The third-order valence-electron chi connectivity index (χ3n) is 4.90. The van der Waals surface area contributed by atoms with Gasteiger partial charge in [0.1, 0.15) is 6.61 Å². The fourth-order valence-electron chi connectivity index (χ4n) is 3.30. The van der Waals surface area contributed by atoms with Crippen LogP contribution < -0.4 is 0 Å². The lowest BCUT2D eigenvalue weighted by Crippen LogP contribution is -2.25. The van der Waals surface area contributed by atoms with Crippen LogP contribution in [0.1, 0.15) is 66.1 Å². The van der Waals surface area contributed by atoms with Crippen LogP contribution in [0.2, 0.25) is 0 Å². The topological polar surface area (TPSA) is 26.3 Å². The third-order valence-corrected chi connectivity index (χ3v) is 4.90. The van der Waals surface area contributed by atoms with Gasteiger partial charge in [-0.3, -0.25) is 4.79 Å². The molecule has 116 valence electrons. The van der Waals surface area contributed by atoms with Crippen molar-refractivity contribution in [3.63, 3.8) is 0 Å². The zero-order chi connectivity index (χ0) is 15.4. The molecular formula is C19H28O2. The second-order valence-electron chi connectivity index (χ2n) is 6.55. The van der Waals surface area contributed by atoms with Gasteiger partial charge in [0.15, 0.2) is 5.78 Å². The Morgan fingerprint density at radius 3 is 2.57 bits per heavy atom. The molecular weight excluding hydrogens is 260 g/mol. The molecule has 0 aliphatic heterocycles. The molecule has 1 aliphatic rings. The Bertz CT molecular complexity index is 505. The Hall–Kier alpha value is -1.15. The van der Waals surface area contributed by atoms with Gasteiger partial charge >= 0.3 is 0 Å². The predicted octanol–water partition coefficient (Wildman–Crippen LogP) is 4.78. The molecule has 0 amide bonds. The van der Waals surface area contributed by atoms with Gasteiger partial charge in [0.2, 0.25) is 0 Å². The first-order valence-corrected chi connectivity index (χ1v) is 8.24. The molecule has 2 atom stereocenters. The maximum atomic E-state index is 12.4. The summed E-state index contributed by atoms with van der Waals surface area (Å²) in [5.41, 5.74) is 4.29. The largest absolute Gasteiger partial charge is 0.370 e. The number of hydrogen-bond acceptors (Lipinski definition) is 2. The van der Waals surface area contributed by atoms with Crippen LogP contribution in [-0.2, 0) is 4.74 Å². The van der Waals surface area contributed by atoms with E-state index in [-0.39, 0.29) is 18.5 Å². The predicted molar refractivity (Wildman–Crippen MR) is 87.0 cm³/mol. The van der Waals surface area contributed by atoms with E-state index in [9.17, 15) is 4.79 Å². The molecule has 0 saturated heterocycles. The van der Waals surface area contributed by atoms with Crippen molar-refractivity contribution in [1.29, 1.82) is 0 Å². The van der Waals surface area contributed by atoms with Crippen LogP contribution >= 0.6 is 0 Å². The summed E-state index contributed by atoms with van der Waals surface area (Å²) in [5, 5.41) is 0. The van der Waals surface area contributed by atoms with Gasteiger partial charge in [0.25, 0.3) is 0 Å². The van der Waals surface area contributed by atoms with Crippen LogP contribution in [0.15, 0.2) is 12.1 Å². The number of benzene rings is 1. The van der Waals surface area contributed by atoms with Gasteiger partial charge in [-0.15, -0.1) is 0 Å². The maximum absolute atomic E-state index is 12.4. The summed E-state index contributed by atoms with van der Waals surface area (Å²) in [7, 11) is 0. The fourth-order valence-corrected chi connectivity index (χ4v) is 3.30. The molecule has 0 aromatic heterocycles. The first-order valence-electron chi connectivity index (χ1n) is 8.24. The van der Waals surface area contributed by atoms with E-state index < -0.39 is 0 Å². The molecule has 0 spiro atoms. The average Bonchev–Trinajstić information content (AvgIpc) is 2.48. The Kier molecular flexibility index (Phi) is 5.58. The highest BCUT2D eigenvalue weighted by molar-refractivity contribution is 5.98. The second-order valence-corrected chi connectivity index (χ2v) is 6.55. The van der Waals surface area contributed by atoms with E-state index >= 15 is 0 Å². The number of ketones is 1. The minimum Gasteiger partial charge on any atom is -0.370 e. The van der Waals surface area contributed by atoms with Crippen LogP contribution in [0.3, 0.4) is 0 Å². The average molecular weight is 288 g/mol. The molecule has 2 rings (SSSR count). The summed E-state index contributed by atoms with van der Waals surface area (Å²) in [6.07, 6.45) is 6.29. The van der Waals surface area contributed by atoms with Crippen molar-refractivity contribution >= 4 is 5.78 Å². The zero-order valence-electron chi connectivity index (χ0n) is 13.9. The quantitative estimate of drug-likeness (QED) is 0.729. The number of hydrogen-bond donors (Lipinski definition) is 0. The van der Waals surface area contributed by atoms with Crippen LogP contribution in [0.25, 0.3) is 0 Å². The number of carbonyl (C=O) groups is 1. The van der Waals surface area contributed by atoms with Crippen LogP contribution in [0.5, 0.6) is 0 Å². The highest BCUT2D eigenvalue weighted by atomic mass is 16.5. The van der Waals surface area contributed by atoms with Crippen LogP contribution in [-0.4, -0.2) is 18.5 Å². The Morgan fingerprint density at radius 1 is 1.14 bits per heavy atom. The van der Waals surface area contributed by atoms with Crippen molar-refractivity contribution in [3.8, 4) is 0 Å². The van der Waals surface area contributed by atoms with E-state index in [1.165, 1.54) is 30.4 Å². The standard InChI is InChI=1S/C19H28O2/c1-5-16-7-6-8-17(11-16)21-12-19(20)18-10-14(3)13(2)9-15(18)4/h9-10,16-17H,5-8,11-12H2,1-4H3. The zero-order valence-corrected chi connectivity index (χ0v) is 13.9. The molecule has 21 heavy (non-hydrogen) atoms. The highest BCUT2D eigenvalue weighted by Gasteiger charge is 2.22. The number of rotatable bonds is 5. The molecule has 2 nitrogen and oxygen atoms in total. The minimum atomic E-state index is 0.120. The van der Waals surface area contributed by atoms with E-state index in [1.807, 2.05) is 13.0 Å². The summed E-state index contributed by atoms with van der Waals surface area (Å²) in [5.74, 6) is 0.899. The van der Waals surface area contributed by atoms with Gasteiger partial charge in [0.05, 0.1) is 6.10 Å². The molecule has 1 fully saturated rings. The van der Waals surface area contributed by atoms with E-state index in [0.29, 0.717) is 0 Å². The van der Waals surface area contributed by atoms with Gasteiger partial charge < -0.3 is 4.74 Å². The van der Waals surface area contributed by atoms with Crippen molar-refractivity contribution in [2.24, 2.45) is 5.92 Å². The number of carbonyl (C=O) groups excluding carboxylic acids is 1. The highest BCUT2D eigenvalue weighted by Crippen LogP contribution is 2.28. The monoisotopic (exact) mass is 288 g/mol. The van der Waals surface area contributed by atoms with E-state index in [1.54, 1.807) is 0 Å². The molecule has 0 radical (unpaired) electrons. The fraction of sp³-hybridized carbons (Fsp3) is 0.632. The SMILES string of the molecule is CCC1CCCC(OCC(=O)c2cc(C)c(C)cc2C)C1. The molecule has 0 N–H and O–H groups in total. The summed E-state index contributed by atoms with van der Waals surface area (Å²) < 4.78 is 5.91. The van der Waals surface area contributed by atoms with Crippen molar-refractivity contribution in [2.45, 2.75) is 65.9 Å². The molecule has 1 saturated carbocycles. The van der Waals surface area contributed by atoms with Crippen molar-refractivity contribution in [1.82, 2.24) is 0 Å². The number of aryl methyl sites for hydroxylation is 3. The van der Waals surface area contributed by atoms with E-state index in [4.69, 9.17) is 4.74 Å². The molecule has 0 heterocycles. The summed E-state index contributed by atoms with van der Waals surface area (Å²) in [6, 6.07) is 4.10. The summed E-state index contributed by atoms with van der Waals surface area (Å²) >= 11 is 0. The lowest BCUT2D eigenvalue weighted by Gasteiger charge is -2.28. The molecule has 0 bridgehead atoms. The Labute approximate surface area is 128 Å². The van der Waals surface area contributed by atoms with Crippen molar-refractivity contribution < 1.29 is 9.53 Å². The minimum absolute atomic E-state index is 0.120. The lowest BCUT2D eigenvalue weighted by atomic mass is 9.85. The summed E-state index contributed by atoms with van der Waals surface area (Å²) in [6.45, 7) is 8.62. The van der Waals surface area contributed by atoms with Gasteiger partial charge in [-0.25, -0.2) is 0 Å². The lowest BCUT2D eigenvalue weighted by molar-refractivity contribution is 0.0156. The van der Waals surface area contributed by atoms with E-state index in [0.717, 1.165) is 29.9 Å². The van der Waals surface area contributed by atoms with Gasteiger partial charge in [0, 0.05) is 5.56 Å². The Balaban J connectivity index is 1.94. The summed E-state index contributed by atoms with van der Waals surface area (Å²) in [4.78, 5) is 12.4. The van der Waals surface area contributed by atoms with Crippen molar-refractivity contribution in [2.75, 3.05) is 6.61 Å². The van der Waals surface area contributed by atoms with Crippen LogP contribution in [0, 0.1) is 26.7 Å². The molecule has 1 aromatic rings. The number of ether oxygens (including phenoxy) is 1. The normalized spacial score (nSPS) is 22.3. The molecule has 2 unspecified atom stereocenters. The third kappa shape index (κ3) is 4.16. The molecule has 1 aromatic carbocycles. The van der Waals surface area contributed by atoms with Gasteiger partial charge in [-0.1, -0.05) is 32.3 Å². The first-order chi connectivity index (χ1) is 10.0. The number of Topliss-reactive ketones (excluding diaryl/α,β-unsaturated/α-hetero) is 1. The molecule has 2 heteroatoms. The van der Waals surface area contributed by atoms with E-state index in [2.05, 4.69) is 26.8 Å². The second kappa shape index (κ2) is 7.22.